The lowest BCUT2D eigenvalue weighted by molar-refractivity contribution is -0.385. The molecule has 0 N–H and O–H groups in total. The van der Waals surface area contributed by atoms with E-state index in [1.807, 2.05) is 0 Å². The summed E-state index contributed by atoms with van der Waals surface area (Å²) in [6, 6.07) is 8.24. The SMILES string of the molecule is CC(=O)C(C(=O)OC(C)(C)C)C(=O)c1ccc(C)cc1[N+](=O)[O-].Cc1ccc(C(=O)Cl)c([N+](=O)[O-])c1. The fourth-order valence-corrected chi connectivity index (χ4v) is 3.09. The van der Waals surface area contributed by atoms with E-state index in [4.69, 9.17) is 16.3 Å². The van der Waals surface area contributed by atoms with E-state index in [0.717, 1.165) is 6.92 Å². The fraction of sp³-hybridized carbons (Fsp3) is 0.333. The van der Waals surface area contributed by atoms with Crippen molar-refractivity contribution in [2.45, 2.75) is 47.1 Å². The molecule has 2 aromatic carbocycles. The largest absolute Gasteiger partial charge is 0.459 e. The Bertz CT molecular complexity index is 1230. The third kappa shape index (κ3) is 8.35. The first-order chi connectivity index (χ1) is 16.5. The summed E-state index contributed by atoms with van der Waals surface area (Å²) in [7, 11) is 0. The molecule has 0 aliphatic carbocycles. The van der Waals surface area contributed by atoms with Crippen molar-refractivity contribution < 1.29 is 33.8 Å². The third-order valence-electron chi connectivity index (χ3n) is 4.49. The van der Waals surface area contributed by atoms with Gasteiger partial charge in [0, 0.05) is 12.1 Å². The topological polar surface area (TPSA) is 164 Å². The minimum atomic E-state index is -1.71. The summed E-state index contributed by atoms with van der Waals surface area (Å²) in [6.07, 6.45) is 0. The molecule has 36 heavy (non-hydrogen) atoms. The number of nitro groups is 2. The lowest BCUT2D eigenvalue weighted by Crippen LogP contribution is -2.36. The number of esters is 1. The lowest BCUT2D eigenvalue weighted by atomic mass is 9.92. The molecular formula is C24H25ClN2O9. The third-order valence-corrected chi connectivity index (χ3v) is 4.69. The molecule has 0 spiro atoms. The maximum Gasteiger partial charge on any atom is 0.325 e. The quantitative estimate of drug-likeness (QED) is 0.123. The van der Waals surface area contributed by atoms with Gasteiger partial charge in [0.2, 0.25) is 0 Å². The zero-order valence-corrected chi connectivity index (χ0v) is 21.2. The van der Waals surface area contributed by atoms with Crippen molar-refractivity contribution >= 4 is 45.8 Å². The number of halogens is 1. The van der Waals surface area contributed by atoms with Crippen LogP contribution in [0.2, 0.25) is 0 Å². The van der Waals surface area contributed by atoms with E-state index in [1.165, 1.54) is 30.3 Å². The van der Waals surface area contributed by atoms with Crippen LogP contribution in [-0.4, -0.2) is 38.2 Å². The predicted octanol–water partition coefficient (Wildman–Crippen LogP) is 4.92. The van der Waals surface area contributed by atoms with Gasteiger partial charge in [-0.05, 0) is 76.4 Å². The Morgan fingerprint density at radius 1 is 0.861 bits per heavy atom. The Morgan fingerprint density at radius 3 is 1.64 bits per heavy atom. The molecule has 0 aromatic heterocycles. The minimum Gasteiger partial charge on any atom is -0.459 e. The number of nitro benzene ring substituents is 2. The minimum absolute atomic E-state index is 0.0720. The van der Waals surface area contributed by atoms with E-state index < -0.39 is 49.8 Å². The standard InChI is InChI=1S/C16H19NO6.C8H6ClNO3/c1-9-6-7-11(12(8-9)17(21)22)14(19)13(10(2)18)15(20)23-16(3,4)5;1-5-2-3-6(8(9)11)7(4-5)10(12)13/h6-8,13H,1-5H3;2-4H,1H3. The molecule has 0 radical (unpaired) electrons. The van der Waals surface area contributed by atoms with Crippen molar-refractivity contribution in [3.63, 3.8) is 0 Å². The molecule has 0 amide bonds. The Balaban J connectivity index is 0.000000420. The van der Waals surface area contributed by atoms with E-state index in [-0.39, 0.29) is 16.8 Å². The molecule has 0 fully saturated rings. The van der Waals surface area contributed by atoms with E-state index >= 15 is 0 Å². The predicted molar refractivity (Wildman–Crippen MR) is 130 cm³/mol. The van der Waals surface area contributed by atoms with Gasteiger partial charge in [0.15, 0.2) is 17.5 Å². The number of rotatable bonds is 7. The van der Waals surface area contributed by atoms with Crippen LogP contribution in [0.1, 0.15) is 59.5 Å². The molecule has 2 aromatic rings. The van der Waals surface area contributed by atoms with Crippen molar-refractivity contribution in [3.05, 3.63) is 78.9 Å². The number of nitrogens with zero attached hydrogens (tertiary/aromatic N) is 2. The van der Waals surface area contributed by atoms with Crippen LogP contribution in [0.3, 0.4) is 0 Å². The van der Waals surface area contributed by atoms with Gasteiger partial charge in [-0.1, -0.05) is 12.1 Å². The number of ketones is 2. The molecule has 0 aliphatic rings. The van der Waals surface area contributed by atoms with Crippen LogP contribution in [-0.2, 0) is 14.3 Å². The molecule has 11 nitrogen and oxygen atoms in total. The summed E-state index contributed by atoms with van der Waals surface area (Å²) in [5, 5.41) is 20.8. The molecular weight excluding hydrogens is 496 g/mol. The van der Waals surface area contributed by atoms with Crippen LogP contribution in [0.15, 0.2) is 36.4 Å². The number of hydrogen-bond donors (Lipinski definition) is 0. The number of carbonyl (C=O) groups excluding carboxylic acids is 4. The Kier molecular flexibility index (Phi) is 10.1. The second-order valence-corrected chi connectivity index (χ2v) is 9.11. The van der Waals surface area contributed by atoms with Crippen LogP contribution < -0.4 is 0 Å². The molecule has 1 unspecified atom stereocenters. The average molecular weight is 521 g/mol. The highest BCUT2D eigenvalue weighted by Crippen LogP contribution is 2.25. The average Bonchev–Trinajstić information content (AvgIpc) is 2.72. The van der Waals surface area contributed by atoms with E-state index in [2.05, 4.69) is 0 Å². The first kappa shape index (κ1) is 30.0. The molecule has 0 aliphatic heterocycles. The van der Waals surface area contributed by atoms with Gasteiger partial charge in [-0.2, -0.15) is 0 Å². The fourth-order valence-electron chi connectivity index (χ4n) is 2.93. The summed E-state index contributed by atoms with van der Waals surface area (Å²) in [5.74, 6) is -4.38. The molecule has 0 heterocycles. The van der Waals surface area contributed by atoms with E-state index in [0.29, 0.717) is 11.1 Å². The highest BCUT2D eigenvalue weighted by molar-refractivity contribution is 6.68. The smallest absolute Gasteiger partial charge is 0.325 e. The number of carbonyl (C=O) groups is 4. The van der Waals surface area contributed by atoms with Gasteiger partial charge >= 0.3 is 5.97 Å². The van der Waals surface area contributed by atoms with Crippen LogP contribution in [0.25, 0.3) is 0 Å². The molecule has 0 saturated carbocycles. The van der Waals surface area contributed by atoms with Gasteiger partial charge in [0.25, 0.3) is 16.6 Å². The molecule has 0 bridgehead atoms. The van der Waals surface area contributed by atoms with Gasteiger partial charge in [-0.25, -0.2) is 0 Å². The van der Waals surface area contributed by atoms with Crippen LogP contribution in [0.4, 0.5) is 11.4 Å². The zero-order chi connectivity index (χ0) is 28.0. The van der Waals surface area contributed by atoms with E-state index in [9.17, 15) is 39.4 Å². The Hall–Kier alpha value is -3.99. The number of aryl methyl sites for hydroxylation is 2. The Morgan fingerprint density at radius 2 is 1.28 bits per heavy atom. The van der Waals surface area contributed by atoms with Gasteiger partial charge < -0.3 is 4.74 Å². The summed E-state index contributed by atoms with van der Waals surface area (Å²) in [4.78, 5) is 67.4. The zero-order valence-electron chi connectivity index (χ0n) is 20.5. The molecule has 1 atom stereocenters. The lowest BCUT2D eigenvalue weighted by Gasteiger charge is -2.22. The summed E-state index contributed by atoms with van der Waals surface area (Å²) >= 11 is 5.16. The first-order valence-electron chi connectivity index (χ1n) is 10.4. The Labute approximate surface area is 211 Å². The van der Waals surface area contributed by atoms with Crippen LogP contribution in [0.5, 0.6) is 0 Å². The monoisotopic (exact) mass is 520 g/mol. The maximum atomic E-state index is 12.5. The second kappa shape index (κ2) is 12.1. The normalized spacial score (nSPS) is 11.4. The first-order valence-corrected chi connectivity index (χ1v) is 10.8. The van der Waals surface area contributed by atoms with Gasteiger partial charge in [0.1, 0.15) is 11.2 Å². The molecule has 12 heteroatoms. The molecule has 0 saturated heterocycles. The number of hydrogen-bond acceptors (Lipinski definition) is 9. The summed E-state index contributed by atoms with van der Waals surface area (Å²) in [6.45, 7) is 9.21. The van der Waals surface area contributed by atoms with Gasteiger partial charge in [-0.15, -0.1) is 0 Å². The van der Waals surface area contributed by atoms with E-state index in [1.54, 1.807) is 40.7 Å². The highest BCUT2D eigenvalue weighted by Gasteiger charge is 2.38. The van der Waals surface area contributed by atoms with Crippen LogP contribution >= 0.6 is 11.6 Å². The van der Waals surface area contributed by atoms with Gasteiger partial charge in [-0.3, -0.25) is 39.4 Å². The molecule has 2 rings (SSSR count). The van der Waals surface area contributed by atoms with Gasteiger partial charge in [0.05, 0.1) is 15.4 Å². The maximum absolute atomic E-state index is 12.5. The summed E-state index contributed by atoms with van der Waals surface area (Å²) < 4.78 is 5.08. The second-order valence-electron chi connectivity index (χ2n) is 8.77. The number of ether oxygens (including phenoxy) is 1. The van der Waals surface area contributed by atoms with Crippen LogP contribution in [0, 0.1) is 40.0 Å². The van der Waals surface area contributed by atoms with Crippen molar-refractivity contribution in [2.75, 3.05) is 0 Å². The number of benzene rings is 2. The number of Topliss-reactive ketones (excluding diaryl/α,β-unsaturated/α-hetero) is 2. The highest BCUT2D eigenvalue weighted by atomic mass is 35.5. The molecule has 192 valence electrons. The summed E-state index contributed by atoms with van der Waals surface area (Å²) in [5.41, 5.74) is -0.628. The van der Waals surface area contributed by atoms with Crippen molar-refractivity contribution in [1.29, 1.82) is 0 Å². The van der Waals surface area contributed by atoms with Crippen molar-refractivity contribution in [2.24, 2.45) is 5.92 Å². The van der Waals surface area contributed by atoms with Crippen molar-refractivity contribution in [1.82, 2.24) is 0 Å². The van der Waals surface area contributed by atoms with Crippen molar-refractivity contribution in [3.8, 4) is 0 Å².